The third-order valence-corrected chi connectivity index (χ3v) is 2.55. The number of aliphatic imine (C=N–C) groups is 1. The first-order valence-electron chi connectivity index (χ1n) is 4.01. The summed E-state index contributed by atoms with van der Waals surface area (Å²) in [5.41, 5.74) is 11.0. The van der Waals surface area contributed by atoms with E-state index in [9.17, 15) is 0 Å². The molecule has 0 saturated heterocycles. The zero-order valence-electron chi connectivity index (χ0n) is 8.30. The van der Waals surface area contributed by atoms with Crippen LogP contribution in [-0.2, 0) is 6.54 Å². The second-order valence-electron chi connectivity index (χ2n) is 2.63. The molecule has 1 aromatic rings. The summed E-state index contributed by atoms with van der Waals surface area (Å²) in [6.07, 6.45) is 0. The molecule has 0 bridgehead atoms. The monoisotopic (exact) mass is 247 g/mol. The first kappa shape index (κ1) is 13.7. The van der Waals surface area contributed by atoms with E-state index in [1.807, 2.05) is 17.5 Å². The van der Waals surface area contributed by atoms with Crippen LogP contribution >= 0.6 is 23.7 Å². The Bertz CT molecular complexity index is 335. The number of rotatable bonds is 2. The molecule has 7 heteroatoms. The van der Waals surface area contributed by atoms with Crippen LogP contribution < -0.4 is 11.5 Å². The third kappa shape index (κ3) is 3.77. The van der Waals surface area contributed by atoms with E-state index >= 15 is 0 Å². The van der Waals surface area contributed by atoms with Gasteiger partial charge in [-0.25, -0.2) is 0 Å². The van der Waals surface area contributed by atoms with Crippen molar-refractivity contribution in [2.75, 3.05) is 7.05 Å². The van der Waals surface area contributed by atoms with Gasteiger partial charge in [-0.05, 0) is 11.4 Å². The molecule has 0 aliphatic rings. The smallest absolute Gasteiger partial charge is 0.198 e. The Morgan fingerprint density at radius 2 is 2.27 bits per heavy atom. The summed E-state index contributed by atoms with van der Waals surface area (Å²) >= 11 is 1.59. The van der Waals surface area contributed by atoms with E-state index in [0.29, 0.717) is 6.54 Å². The zero-order chi connectivity index (χ0) is 10.6. The second-order valence-corrected chi connectivity index (χ2v) is 3.66. The molecule has 0 fully saturated rings. The minimum absolute atomic E-state index is 0. The fourth-order valence-corrected chi connectivity index (χ4v) is 1.66. The summed E-state index contributed by atoms with van der Waals surface area (Å²) in [5.74, 6) is 0.160. The Hall–Kier alpha value is -1.27. The average molecular weight is 248 g/mol. The van der Waals surface area contributed by atoms with Gasteiger partial charge in [-0.15, -0.1) is 23.7 Å². The first-order chi connectivity index (χ1) is 6.65. The molecule has 5 nitrogen and oxygen atoms in total. The van der Waals surface area contributed by atoms with Gasteiger partial charge in [0, 0.05) is 11.9 Å². The highest BCUT2D eigenvalue weighted by atomic mass is 35.5. The molecule has 1 rings (SSSR count). The second kappa shape index (κ2) is 6.26. The largest absolute Gasteiger partial charge is 0.370 e. The van der Waals surface area contributed by atoms with Crippen molar-refractivity contribution in [2.45, 2.75) is 6.54 Å². The number of guanidine groups is 2. The number of nitrogens with zero attached hydrogens (tertiary/aromatic N) is 2. The maximum atomic E-state index is 7.34. The van der Waals surface area contributed by atoms with E-state index in [4.69, 9.17) is 16.9 Å². The van der Waals surface area contributed by atoms with Crippen LogP contribution in [0.4, 0.5) is 0 Å². The normalized spacial score (nSPS) is 10.6. The summed E-state index contributed by atoms with van der Waals surface area (Å²) in [6, 6.07) is 3.90. The van der Waals surface area contributed by atoms with Crippen LogP contribution in [0.5, 0.6) is 0 Å². The number of hydrogen-bond acceptors (Lipinski definition) is 3. The molecule has 1 aromatic heterocycles. The molecule has 15 heavy (non-hydrogen) atoms. The Morgan fingerprint density at radius 1 is 1.60 bits per heavy atom. The Kier molecular flexibility index (Phi) is 5.73. The fraction of sp³-hybridized carbons (Fsp3) is 0.250. The topological polar surface area (TPSA) is 91.5 Å². The zero-order valence-corrected chi connectivity index (χ0v) is 9.94. The highest BCUT2D eigenvalue weighted by Gasteiger charge is 2.11. The lowest BCUT2D eigenvalue weighted by atomic mass is 10.4. The standard InChI is InChI=1S/C8H13N5S.ClH/c1-12-8(11)13(7(9)10)5-6-3-2-4-14-6;/h2-4H,5H2,1H3,(H3,9,10)(H2,11,12);1H. The van der Waals surface area contributed by atoms with E-state index in [2.05, 4.69) is 4.99 Å². The maximum Gasteiger partial charge on any atom is 0.198 e. The lowest BCUT2D eigenvalue weighted by molar-refractivity contribution is 0.591. The summed E-state index contributed by atoms with van der Waals surface area (Å²) < 4.78 is 0. The van der Waals surface area contributed by atoms with Gasteiger partial charge >= 0.3 is 0 Å². The van der Waals surface area contributed by atoms with Crippen molar-refractivity contribution in [3.05, 3.63) is 22.4 Å². The lowest BCUT2D eigenvalue weighted by Crippen LogP contribution is -2.44. The lowest BCUT2D eigenvalue weighted by Gasteiger charge is -2.20. The molecule has 84 valence electrons. The Labute approximate surface area is 98.7 Å². The fourth-order valence-electron chi connectivity index (χ4n) is 0.969. The van der Waals surface area contributed by atoms with Gasteiger partial charge in [0.1, 0.15) is 0 Å². The maximum absolute atomic E-state index is 7.34. The predicted molar refractivity (Wildman–Crippen MR) is 66.6 cm³/mol. The molecule has 0 saturated carbocycles. The van der Waals surface area contributed by atoms with Crippen molar-refractivity contribution < 1.29 is 0 Å². The van der Waals surface area contributed by atoms with E-state index in [1.165, 1.54) is 4.90 Å². The number of hydrogen-bond donors (Lipinski definition) is 3. The van der Waals surface area contributed by atoms with E-state index in [1.54, 1.807) is 18.4 Å². The van der Waals surface area contributed by atoms with E-state index in [-0.39, 0.29) is 24.3 Å². The minimum Gasteiger partial charge on any atom is -0.370 e. The summed E-state index contributed by atoms with van der Waals surface area (Å²) in [5, 5.41) is 9.30. The van der Waals surface area contributed by atoms with Crippen LogP contribution in [0.1, 0.15) is 4.88 Å². The van der Waals surface area contributed by atoms with Crippen LogP contribution in [0.15, 0.2) is 22.5 Å². The molecule has 0 unspecified atom stereocenters. The van der Waals surface area contributed by atoms with Crippen LogP contribution in [0.2, 0.25) is 0 Å². The average Bonchev–Trinajstić information content (AvgIpc) is 2.65. The first-order valence-corrected chi connectivity index (χ1v) is 4.89. The van der Waals surface area contributed by atoms with Gasteiger partial charge in [-0.3, -0.25) is 15.3 Å². The van der Waals surface area contributed by atoms with Crippen LogP contribution in [-0.4, -0.2) is 23.9 Å². The molecule has 1 heterocycles. The molecular weight excluding hydrogens is 234 g/mol. The summed E-state index contributed by atoms with van der Waals surface area (Å²) in [6.45, 7) is 0.496. The summed E-state index contributed by atoms with van der Waals surface area (Å²) in [7, 11) is 1.57. The van der Waals surface area contributed by atoms with Crippen molar-refractivity contribution >= 4 is 35.7 Å². The number of halogens is 1. The van der Waals surface area contributed by atoms with Crippen molar-refractivity contribution in [2.24, 2.45) is 16.5 Å². The van der Waals surface area contributed by atoms with Gasteiger partial charge in [0.05, 0.1) is 6.54 Å². The molecule has 0 amide bonds. The number of nitrogens with one attached hydrogen (secondary N) is 1. The van der Waals surface area contributed by atoms with Crippen molar-refractivity contribution in [3.63, 3.8) is 0 Å². The van der Waals surface area contributed by atoms with Gasteiger partial charge in [-0.2, -0.15) is 0 Å². The van der Waals surface area contributed by atoms with Crippen molar-refractivity contribution in [1.82, 2.24) is 4.90 Å². The van der Waals surface area contributed by atoms with Crippen LogP contribution in [0.25, 0.3) is 0 Å². The van der Waals surface area contributed by atoms with Crippen LogP contribution in [0.3, 0.4) is 0 Å². The molecule has 0 aliphatic carbocycles. The van der Waals surface area contributed by atoms with Gasteiger partial charge in [0.25, 0.3) is 0 Å². The Balaban J connectivity index is 0.00000196. The molecule has 0 radical (unpaired) electrons. The van der Waals surface area contributed by atoms with Gasteiger partial charge < -0.3 is 11.5 Å². The van der Waals surface area contributed by atoms with Gasteiger partial charge in [-0.1, -0.05) is 6.07 Å². The molecule has 0 atom stereocenters. The molecular formula is C8H14ClN5S. The highest BCUT2D eigenvalue weighted by Crippen LogP contribution is 2.11. The number of thiophene rings is 1. The summed E-state index contributed by atoms with van der Waals surface area (Å²) in [4.78, 5) is 6.33. The van der Waals surface area contributed by atoms with E-state index < -0.39 is 0 Å². The van der Waals surface area contributed by atoms with Crippen molar-refractivity contribution in [3.8, 4) is 0 Å². The number of nitrogens with two attached hydrogens (primary N) is 2. The quantitative estimate of drug-likeness (QED) is 0.534. The van der Waals surface area contributed by atoms with E-state index in [0.717, 1.165) is 4.88 Å². The molecule has 5 N–H and O–H groups in total. The van der Waals surface area contributed by atoms with Gasteiger partial charge in [0.2, 0.25) is 0 Å². The molecule has 0 spiro atoms. The third-order valence-electron chi connectivity index (χ3n) is 1.69. The Morgan fingerprint density at radius 3 is 2.67 bits per heavy atom. The van der Waals surface area contributed by atoms with Crippen LogP contribution in [0, 0.1) is 5.41 Å². The predicted octanol–water partition coefficient (Wildman–Crippen LogP) is 0.810. The van der Waals surface area contributed by atoms with Gasteiger partial charge in [0.15, 0.2) is 11.9 Å². The molecule has 0 aliphatic heterocycles. The minimum atomic E-state index is -0.0958. The highest BCUT2D eigenvalue weighted by molar-refractivity contribution is 7.09. The SMILES string of the molecule is CN=C(N)N(Cc1cccs1)C(=N)N.Cl. The van der Waals surface area contributed by atoms with Crippen molar-refractivity contribution in [1.29, 1.82) is 5.41 Å². The molecule has 0 aromatic carbocycles.